The van der Waals surface area contributed by atoms with E-state index in [1.807, 2.05) is 26.2 Å². The molecular formula is C22H22N6O3S. The summed E-state index contributed by atoms with van der Waals surface area (Å²) in [5.74, 6) is 0.0104. The Morgan fingerprint density at radius 1 is 1.22 bits per heavy atom. The highest BCUT2D eigenvalue weighted by Crippen LogP contribution is 2.31. The Balaban J connectivity index is 1.32. The number of nitrogens with one attached hydrogen (secondary N) is 1. The Morgan fingerprint density at radius 3 is 2.84 bits per heavy atom. The van der Waals surface area contributed by atoms with Crippen LogP contribution in [0, 0.1) is 0 Å². The summed E-state index contributed by atoms with van der Waals surface area (Å²) in [6.45, 7) is 7.07. The van der Waals surface area contributed by atoms with Crippen LogP contribution in [-0.4, -0.2) is 43.0 Å². The maximum absolute atomic E-state index is 13.1. The van der Waals surface area contributed by atoms with Crippen LogP contribution < -0.4 is 5.32 Å². The van der Waals surface area contributed by atoms with Crippen LogP contribution in [0.3, 0.4) is 0 Å². The molecular weight excluding hydrogens is 428 g/mol. The van der Waals surface area contributed by atoms with Crippen molar-refractivity contribution in [1.29, 1.82) is 0 Å². The van der Waals surface area contributed by atoms with E-state index in [-0.39, 0.29) is 17.2 Å². The van der Waals surface area contributed by atoms with Crippen molar-refractivity contribution in [1.82, 2.24) is 24.7 Å². The average molecular weight is 451 g/mol. The third-order valence-corrected chi connectivity index (χ3v) is 6.56. The first-order valence-electron chi connectivity index (χ1n) is 10.3. The van der Waals surface area contributed by atoms with Crippen LogP contribution in [0.25, 0.3) is 5.52 Å². The van der Waals surface area contributed by atoms with Gasteiger partial charge in [-0.25, -0.2) is 4.52 Å². The Labute approximate surface area is 188 Å². The molecule has 32 heavy (non-hydrogen) atoms. The van der Waals surface area contributed by atoms with E-state index in [2.05, 4.69) is 20.6 Å². The Bertz CT molecular complexity index is 1330. The van der Waals surface area contributed by atoms with E-state index >= 15 is 0 Å². The Kier molecular flexibility index (Phi) is 4.81. The molecule has 10 heteroatoms. The first-order valence-corrected chi connectivity index (χ1v) is 11.1. The summed E-state index contributed by atoms with van der Waals surface area (Å²) in [6, 6.07) is 1.75. The van der Waals surface area contributed by atoms with Gasteiger partial charge in [0.1, 0.15) is 0 Å². The Hall–Kier alpha value is -3.53. The highest BCUT2D eigenvalue weighted by molar-refractivity contribution is 7.10. The summed E-state index contributed by atoms with van der Waals surface area (Å²) in [5.41, 5.74) is 3.41. The van der Waals surface area contributed by atoms with Gasteiger partial charge in [-0.3, -0.25) is 19.9 Å². The molecule has 0 unspecified atom stereocenters. The lowest BCUT2D eigenvalue weighted by molar-refractivity contribution is 0.0739. The number of rotatable bonds is 3. The molecule has 4 aromatic heterocycles. The molecule has 1 aliphatic heterocycles. The van der Waals surface area contributed by atoms with Gasteiger partial charge in [0.2, 0.25) is 5.88 Å². The summed E-state index contributed by atoms with van der Waals surface area (Å²) in [7, 11) is 0. The topological polar surface area (TPSA) is 106 Å². The molecule has 0 fully saturated rings. The lowest BCUT2D eigenvalue weighted by atomic mass is 9.92. The molecule has 5 rings (SSSR count). The van der Waals surface area contributed by atoms with Gasteiger partial charge >= 0.3 is 0 Å². The SMILES string of the molecule is CC(C)(C)c1cc(NC(=O)c2csc3c2CCN(C(=O)c2cnn4ccncc24)C3)on1. The molecule has 1 N–H and O–H groups in total. The second kappa shape index (κ2) is 7.56. The van der Waals surface area contributed by atoms with Gasteiger partial charge in [0, 0.05) is 40.7 Å². The van der Waals surface area contributed by atoms with Crippen LogP contribution in [0.1, 0.15) is 57.6 Å². The minimum Gasteiger partial charge on any atom is -0.338 e. The maximum atomic E-state index is 13.1. The Morgan fingerprint density at radius 2 is 2.06 bits per heavy atom. The first kappa shape index (κ1) is 20.4. The molecule has 164 valence electrons. The fourth-order valence-electron chi connectivity index (χ4n) is 3.73. The van der Waals surface area contributed by atoms with Gasteiger partial charge in [0.15, 0.2) is 0 Å². The summed E-state index contributed by atoms with van der Waals surface area (Å²) in [4.78, 5) is 32.9. The number of amides is 2. The van der Waals surface area contributed by atoms with Gasteiger partial charge in [-0.1, -0.05) is 25.9 Å². The smallest absolute Gasteiger partial charge is 0.259 e. The number of anilines is 1. The van der Waals surface area contributed by atoms with Crippen molar-refractivity contribution in [2.24, 2.45) is 0 Å². The van der Waals surface area contributed by atoms with Crippen LogP contribution in [0.2, 0.25) is 0 Å². The van der Waals surface area contributed by atoms with Crippen molar-refractivity contribution in [3.63, 3.8) is 0 Å². The molecule has 0 bridgehead atoms. The molecule has 9 nitrogen and oxygen atoms in total. The lowest BCUT2D eigenvalue weighted by Gasteiger charge is -2.27. The predicted molar refractivity (Wildman–Crippen MR) is 119 cm³/mol. The molecule has 0 saturated carbocycles. The molecule has 5 heterocycles. The fourth-order valence-corrected chi connectivity index (χ4v) is 4.82. The van der Waals surface area contributed by atoms with Crippen LogP contribution in [0.4, 0.5) is 5.88 Å². The second-order valence-electron chi connectivity index (χ2n) is 8.77. The van der Waals surface area contributed by atoms with E-state index < -0.39 is 0 Å². The van der Waals surface area contributed by atoms with Crippen molar-refractivity contribution >= 4 is 34.6 Å². The van der Waals surface area contributed by atoms with Crippen molar-refractivity contribution in [3.8, 4) is 0 Å². The first-order chi connectivity index (χ1) is 15.3. The number of hydrogen-bond donors (Lipinski definition) is 1. The summed E-state index contributed by atoms with van der Waals surface area (Å²) >= 11 is 1.49. The monoisotopic (exact) mass is 450 g/mol. The summed E-state index contributed by atoms with van der Waals surface area (Å²) in [6.07, 6.45) is 7.16. The summed E-state index contributed by atoms with van der Waals surface area (Å²) < 4.78 is 6.92. The van der Waals surface area contributed by atoms with Gasteiger partial charge in [-0.2, -0.15) is 5.10 Å². The van der Waals surface area contributed by atoms with Crippen molar-refractivity contribution in [3.05, 3.63) is 63.5 Å². The molecule has 0 aliphatic carbocycles. The van der Waals surface area contributed by atoms with E-state index in [0.717, 1.165) is 16.1 Å². The number of nitrogens with zero attached hydrogens (tertiary/aromatic N) is 5. The predicted octanol–water partition coefficient (Wildman–Crippen LogP) is 3.53. The van der Waals surface area contributed by atoms with E-state index in [9.17, 15) is 9.59 Å². The fraction of sp³-hybridized carbons (Fsp3) is 0.318. The molecule has 0 radical (unpaired) electrons. The number of fused-ring (bicyclic) bond motifs is 2. The van der Waals surface area contributed by atoms with E-state index in [0.29, 0.717) is 42.0 Å². The zero-order valence-corrected chi connectivity index (χ0v) is 18.8. The minimum absolute atomic E-state index is 0.0885. The molecule has 2 amide bonds. The molecule has 0 aromatic carbocycles. The number of aromatic nitrogens is 4. The third-order valence-electron chi connectivity index (χ3n) is 5.55. The van der Waals surface area contributed by atoms with Gasteiger partial charge in [0.05, 0.1) is 41.3 Å². The molecule has 0 spiro atoms. The standard InChI is InChI=1S/C22H22N6O3S/c1-22(2,3)18-8-19(31-26-18)25-20(29)15-12-32-17-11-27(6-4-13(15)17)21(30)14-9-24-28-7-5-23-10-16(14)28/h5,7-10,12H,4,6,11H2,1-3H3,(H,25,29). The van der Waals surface area contributed by atoms with Crippen molar-refractivity contribution in [2.45, 2.75) is 39.2 Å². The molecule has 1 aliphatic rings. The number of carbonyl (C=O) groups is 2. The molecule has 0 saturated heterocycles. The third kappa shape index (κ3) is 3.56. The van der Waals surface area contributed by atoms with Gasteiger partial charge < -0.3 is 9.42 Å². The van der Waals surface area contributed by atoms with Gasteiger partial charge in [-0.05, 0) is 12.0 Å². The quantitative estimate of drug-likeness (QED) is 0.512. The van der Waals surface area contributed by atoms with E-state index in [4.69, 9.17) is 4.52 Å². The van der Waals surface area contributed by atoms with Gasteiger partial charge in [-0.15, -0.1) is 11.3 Å². The number of thiophene rings is 1. The van der Waals surface area contributed by atoms with Gasteiger partial charge in [0.25, 0.3) is 11.8 Å². The van der Waals surface area contributed by atoms with Crippen LogP contribution in [0.5, 0.6) is 0 Å². The lowest BCUT2D eigenvalue weighted by Crippen LogP contribution is -2.35. The van der Waals surface area contributed by atoms with Crippen molar-refractivity contribution < 1.29 is 14.1 Å². The largest absolute Gasteiger partial charge is 0.338 e. The van der Waals surface area contributed by atoms with Crippen LogP contribution in [-0.2, 0) is 18.4 Å². The normalized spacial score (nSPS) is 13.9. The minimum atomic E-state index is -0.229. The van der Waals surface area contributed by atoms with E-state index in [1.54, 1.807) is 40.3 Å². The maximum Gasteiger partial charge on any atom is 0.259 e. The number of hydrogen-bond acceptors (Lipinski definition) is 7. The number of carbonyl (C=O) groups excluding carboxylic acids is 2. The summed E-state index contributed by atoms with van der Waals surface area (Å²) in [5, 5.41) is 12.9. The highest BCUT2D eigenvalue weighted by Gasteiger charge is 2.29. The molecule has 4 aromatic rings. The van der Waals surface area contributed by atoms with Crippen LogP contribution >= 0.6 is 11.3 Å². The zero-order valence-electron chi connectivity index (χ0n) is 18.0. The van der Waals surface area contributed by atoms with Crippen LogP contribution in [0.15, 0.2) is 40.8 Å². The van der Waals surface area contributed by atoms with E-state index in [1.165, 1.54) is 11.3 Å². The highest BCUT2D eigenvalue weighted by atomic mass is 32.1. The second-order valence-corrected chi connectivity index (χ2v) is 9.74. The average Bonchev–Trinajstić information content (AvgIpc) is 3.50. The van der Waals surface area contributed by atoms with Crippen molar-refractivity contribution in [2.75, 3.05) is 11.9 Å². The molecule has 0 atom stereocenters. The zero-order chi connectivity index (χ0) is 22.5.